The molecule has 3 aromatic rings. The van der Waals surface area contributed by atoms with E-state index in [4.69, 9.17) is 0 Å². The van der Waals surface area contributed by atoms with Gasteiger partial charge in [0.15, 0.2) is 0 Å². The SMILES string of the molecule is CCc1ccc2c(c1-c1cc(C)cc(C)c1)C=C(c1ccccc1)[CH]2. The van der Waals surface area contributed by atoms with E-state index < -0.39 is 0 Å². The van der Waals surface area contributed by atoms with Gasteiger partial charge in [-0.25, -0.2) is 0 Å². The second-order valence-corrected chi connectivity index (χ2v) is 6.94. The zero-order chi connectivity index (χ0) is 17.4. The molecule has 0 atom stereocenters. The van der Waals surface area contributed by atoms with E-state index in [1.807, 2.05) is 0 Å². The van der Waals surface area contributed by atoms with E-state index in [1.165, 1.54) is 50.1 Å². The largest absolute Gasteiger partial charge is 0.0622 e. The van der Waals surface area contributed by atoms with Gasteiger partial charge >= 0.3 is 0 Å². The Labute approximate surface area is 150 Å². The Morgan fingerprint density at radius 3 is 2.16 bits per heavy atom. The first-order chi connectivity index (χ1) is 12.2. The summed E-state index contributed by atoms with van der Waals surface area (Å²) in [4.78, 5) is 0. The molecule has 0 amide bonds. The maximum atomic E-state index is 2.36. The van der Waals surface area contributed by atoms with Crippen molar-refractivity contribution in [2.75, 3.05) is 0 Å². The van der Waals surface area contributed by atoms with Crippen molar-refractivity contribution in [3.63, 3.8) is 0 Å². The van der Waals surface area contributed by atoms with Gasteiger partial charge in [-0.2, -0.15) is 0 Å². The Morgan fingerprint density at radius 1 is 0.760 bits per heavy atom. The molecule has 0 nitrogen and oxygen atoms in total. The highest BCUT2D eigenvalue weighted by atomic mass is 14.2. The Kier molecular flexibility index (Phi) is 4.05. The minimum absolute atomic E-state index is 1.05. The van der Waals surface area contributed by atoms with Crippen LogP contribution in [0.25, 0.3) is 22.8 Å². The molecule has 0 bridgehead atoms. The second-order valence-electron chi connectivity index (χ2n) is 6.94. The monoisotopic (exact) mass is 323 g/mol. The third-order valence-electron chi connectivity index (χ3n) is 4.97. The second kappa shape index (κ2) is 6.37. The van der Waals surface area contributed by atoms with Gasteiger partial charge in [-0.05, 0) is 65.3 Å². The molecular formula is C25H23. The van der Waals surface area contributed by atoms with E-state index in [1.54, 1.807) is 0 Å². The lowest BCUT2D eigenvalue weighted by Gasteiger charge is -2.15. The lowest BCUT2D eigenvalue weighted by molar-refractivity contribution is 1.14. The van der Waals surface area contributed by atoms with Gasteiger partial charge in [0.05, 0.1) is 0 Å². The van der Waals surface area contributed by atoms with E-state index in [2.05, 4.69) is 93.9 Å². The summed E-state index contributed by atoms with van der Waals surface area (Å²) in [5.41, 5.74) is 12.1. The maximum Gasteiger partial charge on any atom is 0.0211 e. The quantitative estimate of drug-likeness (QED) is 0.507. The normalized spacial score (nSPS) is 12.8. The number of benzene rings is 3. The Bertz CT molecular complexity index is 939. The lowest BCUT2D eigenvalue weighted by Crippen LogP contribution is -1.95. The van der Waals surface area contributed by atoms with Crippen molar-refractivity contribution in [2.45, 2.75) is 27.2 Å². The molecule has 0 saturated carbocycles. The Balaban J connectivity index is 1.91. The standard InChI is InChI=1S/C25H23/c1-4-19-10-11-21-15-22(20-8-6-5-7-9-20)16-24(21)25(19)23-13-17(2)12-18(3)14-23/h5-16H,4H2,1-3H3. The maximum absolute atomic E-state index is 2.36. The van der Waals surface area contributed by atoms with Crippen LogP contribution in [-0.2, 0) is 6.42 Å². The van der Waals surface area contributed by atoms with Gasteiger partial charge in [0.25, 0.3) is 0 Å². The molecule has 0 fully saturated rings. The van der Waals surface area contributed by atoms with Crippen molar-refractivity contribution >= 4 is 11.6 Å². The van der Waals surface area contributed by atoms with Gasteiger partial charge in [0, 0.05) is 6.42 Å². The molecule has 123 valence electrons. The highest BCUT2D eigenvalue weighted by molar-refractivity contribution is 5.99. The molecule has 1 radical (unpaired) electrons. The predicted octanol–water partition coefficient (Wildman–Crippen LogP) is 6.64. The number of hydrogen-bond donors (Lipinski definition) is 0. The van der Waals surface area contributed by atoms with Crippen LogP contribution in [0.4, 0.5) is 0 Å². The van der Waals surface area contributed by atoms with Crippen molar-refractivity contribution < 1.29 is 0 Å². The summed E-state index contributed by atoms with van der Waals surface area (Å²) < 4.78 is 0. The highest BCUT2D eigenvalue weighted by Crippen LogP contribution is 2.41. The van der Waals surface area contributed by atoms with Crippen molar-refractivity contribution in [3.8, 4) is 11.1 Å². The molecule has 0 heterocycles. The van der Waals surface area contributed by atoms with E-state index in [0.29, 0.717) is 0 Å². The summed E-state index contributed by atoms with van der Waals surface area (Å²) in [6.45, 7) is 6.61. The van der Waals surface area contributed by atoms with E-state index >= 15 is 0 Å². The first-order valence-electron chi connectivity index (χ1n) is 9.02. The fourth-order valence-electron chi connectivity index (χ4n) is 3.88. The van der Waals surface area contributed by atoms with Gasteiger partial charge < -0.3 is 0 Å². The van der Waals surface area contributed by atoms with Gasteiger partial charge in [-0.3, -0.25) is 0 Å². The highest BCUT2D eigenvalue weighted by Gasteiger charge is 2.20. The molecule has 0 saturated heterocycles. The Morgan fingerprint density at radius 2 is 1.48 bits per heavy atom. The fraction of sp³-hybridized carbons (Fsp3) is 0.160. The van der Waals surface area contributed by atoms with Crippen LogP contribution in [0.1, 0.15) is 40.3 Å². The smallest absolute Gasteiger partial charge is 0.0211 e. The zero-order valence-corrected chi connectivity index (χ0v) is 15.1. The number of hydrogen-bond acceptors (Lipinski definition) is 0. The number of aryl methyl sites for hydroxylation is 3. The van der Waals surface area contributed by atoms with Crippen LogP contribution in [0, 0.1) is 20.3 Å². The topological polar surface area (TPSA) is 0 Å². The van der Waals surface area contributed by atoms with Gasteiger partial charge in [-0.15, -0.1) is 0 Å². The molecule has 0 aromatic heterocycles. The van der Waals surface area contributed by atoms with E-state index in [9.17, 15) is 0 Å². The molecule has 1 aliphatic rings. The molecule has 0 aliphatic heterocycles. The molecule has 0 heteroatoms. The number of rotatable bonds is 3. The molecule has 0 N–H and O–H groups in total. The summed E-state index contributed by atoms with van der Waals surface area (Å²) in [5.74, 6) is 0. The zero-order valence-electron chi connectivity index (χ0n) is 15.1. The van der Waals surface area contributed by atoms with Crippen LogP contribution in [0.2, 0.25) is 0 Å². The molecule has 4 rings (SSSR count). The Hall–Kier alpha value is -2.60. The summed E-state index contributed by atoms with van der Waals surface area (Å²) >= 11 is 0. The third kappa shape index (κ3) is 2.93. The van der Waals surface area contributed by atoms with E-state index in [0.717, 1.165) is 6.42 Å². The van der Waals surface area contributed by atoms with Crippen LogP contribution < -0.4 is 0 Å². The molecule has 0 unspecified atom stereocenters. The average Bonchev–Trinajstić information content (AvgIpc) is 3.04. The summed E-state index contributed by atoms with van der Waals surface area (Å²) in [5, 5.41) is 0. The minimum atomic E-state index is 1.05. The van der Waals surface area contributed by atoms with Crippen molar-refractivity contribution in [1.29, 1.82) is 0 Å². The third-order valence-corrected chi connectivity index (χ3v) is 4.97. The van der Waals surface area contributed by atoms with Gasteiger partial charge in [0.1, 0.15) is 0 Å². The fourth-order valence-corrected chi connectivity index (χ4v) is 3.88. The van der Waals surface area contributed by atoms with E-state index in [-0.39, 0.29) is 0 Å². The van der Waals surface area contributed by atoms with Gasteiger partial charge in [-0.1, -0.05) is 78.7 Å². The van der Waals surface area contributed by atoms with Crippen LogP contribution in [0.15, 0.2) is 60.7 Å². The van der Waals surface area contributed by atoms with Crippen molar-refractivity contribution in [3.05, 3.63) is 100 Å². The average molecular weight is 323 g/mol. The molecular weight excluding hydrogens is 300 g/mol. The number of allylic oxidation sites excluding steroid dienone is 1. The van der Waals surface area contributed by atoms with Crippen molar-refractivity contribution in [1.82, 2.24) is 0 Å². The van der Waals surface area contributed by atoms with Gasteiger partial charge in [0.2, 0.25) is 0 Å². The minimum Gasteiger partial charge on any atom is -0.0622 e. The van der Waals surface area contributed by atoms with Crippen LogP contribution in [-0.4, -0.2) is 0 Å². The molecule has 1 aliphatic carbocycles. The molecule has 0 spiro atoms. The first-order valence-corrected chi connectivity index (χ1v) is 9.02. The van der Waals surface area contributed by atoms with Crippen LogP contribution in [0.3, 0.4) is 0 Å². The summed E-state index contributed by atoms with van der Waals surface area (Å²) in [6.07, 6.45) is 5.72. The number of fused-ring (bicyclic) bond motifs is 1. The summed E-state index contributed by atoms with van der Waals surface area (Å²) in [7, 11) is 0. The first kappa shape index (κ1) is 15.9. The molecule has 3 aromatic carbocycles. The van der Waals surface area contributed by atoms with Crippen LogP contribution >= 0.6 is 0 Å². The van der Waals surface area contributed by atoms with Crippen molar-refractivity contribution in [2.24, 2.45) is 0 Å². The van der Waals surface area contributed by atoms with Crippen LogP contribution in [0.5, 0.6) is 0 Å². The summed E-state index contributed by atoms with van der Waals surface area (Å²) in [6, 6.07) is 22.1. The predicted molar refractivity (Wildman–Crippen MR) is 108 cm³/mol. The lowest BCUT2D eigenvalue weighted by atomic mass is 9.89. The molecule has 25 heavy (non-hydrogen) atoms.